The lowest BCUT2D eigenvalue weighted by atomic mass is 10.1. The van der Waals surface area contributed by atoms with E-state index in [0.717, 1.165) is 43.9 Å². The third-order valence-corrected chi connectivity index (χ3v) is 5.13. The molecule has 0 radical (unpaired) electrons. The molecule has 0 saturated carbocycles. The van der Waals surface area contributed by atoms with Crippen molar-refractivity contribution in [3.8, 4) is 5.75 Å². The van der Waals surface area contributed by atoms with Crippen LogP contribution >= 0.6 is 0 Å². The number of hydrogen-bond acceptors (Lipinski definition) is 4. The summed E-state index contributed by atoms with van der Waals surface area (Å²) in [7, 11) is 2.10. The van der Waals surface area contributed by atoms with Crippen LogP contribution < -0.4 is 10.1 Å². The first-order valence-electron chi connectivity index (χ1n) is 9.80. The Morgan fingerprint density at radius 2 is 1.76 bits per heavy atom. The Kier molecular flexibility index (Phi) is 7.17. The summed E-state index contributed by atoms with van der Waals surface area (Å²) in [5.41, 5.74) is 1.01. The number of nitrogens with one attached hydrogen (secondary N) is 1. The molecule has 29 heavy (non-hydrogen) atoms. The molecule has 2 atom stereocenters. The third-order valence-electron chi connectivity index (χ3n) is 5.13. The van der Waals surface area contributed by atoms with Gasteiger partial charge in [-0.2, -0.15) is 0 Å². The largest absolute Gasteiger partial charge is 0.481 e. The van der Waals surface area contributed by atoms with E-state index in [1.54, 1.807) is 6.92 Å². The summed E-state index contributed by atoms with van der Waals surface area (Å²) in [5.74, 6) is -2.15. The normalized spacial score (nSPS) is 17.5. The number of hydrogen-bond donors (Lipinski definition) is 1. The molecule has 0 aromatic heterocycles. The fourth-order valence-electron chi connectivity index (χ4n) is 3.31. The Balaban J connectivity index is 1.65. The van der Waals surface area contributed by atoms with Gasteiger partial charge in [0.05, 0.1) is 6.04 Å². The Bertz CT molecular complexity index is 811. The number of ether oxygens (including phenoxy) is 1. The first kappa shape index (κ1) is 21.2. The zero-order valence-corrected chi connectivity index (χ0v) is 16.8. The van der Waals surface area contributed by atoms with Crippen LogP contribution in [0.2, 0.25) is 0 Å². The minimum absolute atomic E-state index is 0.113. The molecule has 1 heterocycles. The molecule has 1 amide bonds. The van der Waals surface area contributed by atoms with Crippen LogP contribution in [0, 0.1) is 11.6 Å². The SMILES string of the molecule is CC(Oc1ccc(F)c(F)c1)C(=O)NC(CN1CCN(C)CC1)c1ccccc1. The number of carbonyl (C=O) groups is 1. The minimum Gasteiger partial charge on any atom is -0.481 e. The number of nitrogens with zero attached hydrogens (tertiary/aromatic N) is 2. The molecule has 5 nitrogen and oxygen atoms in total. The van der Waals surface area contributed by atoms with E-state index in [0.29, 0.717) is 6.54 Å². The van der Waals surface area contributed by atoms with Crippen LogP contribution in [0.5, 0.6) is 5.75 Å². The predicted octanol–water partition coefficient (Wildman–Crippen LogP) is 2.84. The molecule has 0 aliphatic carbocycles. The predicted molar refractivity (Wildman–Crippen MR) is 108 cm³/mol. The molecule has 1 aliphatic heterocycles. The molecule has 2 unspecified atom stereocenters. The van der Waals surface area contributed by atoms with Crippen molar-refractivity contribution in [2.45, 2.75) is 19.1 Å². The summed E-state index contributed by atoms with van der Waals surface area (Å²) in [4.78, 5) is 17.4. The van der Waals surface area contributed by atoms with Crippen molar-refractivity contribution >= 4 is 5.91 Å². The van der Waals surface area contributed by atoms with Crippen LogP contribution in [0.15, 0.2) is 48.5 Å². The van der Waals surface area contributed by atoms with Gasteiger partial charge in [-0.25, -0.2) is 8.78 Å². The molecule has 3 rings (SSSR count). The number of rotatable bonds is 7. The van der Waals surface area contributed by atoms with Crippen LogP contribution in [0.1, 0.15) is 18.5 Å². The maximum Gasteiger partial charge on any atom is 0.261 e. The minimum atomic E-state index is -1.01. The fourth-order valence-corrected chi connectivity index (χ4v) is 3.31. The first-order chi connectivity index (χ1) is 13.9. The molecule has 0 spiro atoms. The van der Waals surface area contributed by atoms with E-state index in [2.05, 4.69) is 22.2 Å². The van der Waals surface area contributed by atoms with Crippen molar-refractivity contribution in [2.75, 3.05) is 39.8 Å². The van der Waals surface area contributed by atoms with E-state index in [9.17, 15) is 13.6 Å². The molecular formula is C22H27F2N3O2. The highest BCUT2D eigenvalue weighted by atomic mass is 19.2. The second-order valence-electron chi connectivity index (χ2n) is 7.41. The van der Waals surface area contributed by atoms with E-state index in [-0.39, 0.29) is 17.7 Å². The van der Waals surface area contributed by atoms with Crippen molar-refractivity contribution in [3.63, 3.8) is 0 Å². The second-order valence-corrected chi connectivity index (χ2v) is 7.41. The van der Waals surface area contributed by atoms with Crippen molar-refractivity contribution in [2.24, 2.45) is 0 Å². The molecule has 2 aromatic rings. The molecule has 1 N–H and O–H groups in total. The smallest absolute Gasteiger partial charge is 0.261 e. The molecule has 1 fully saturated rings. The van der Waals surface area contributed by atoms with Gasteiger partial charge in [0.2, 0.25) is 0 Å². The van der Waals surface area contributed by atoms with Crippen LogP contribution in [0.4, 0.5) is 8.78 Å². The molecule has 7 heteroatoms. The zero-order chi connectivity index (χ0) is 20.8. The summed E-state index contributed by atoms with van der Waals surface area (Å²) < 4.78 is 32.0. The zero-order valence-electron chi connectivity index (χ0n) is 16.8. The standard InChI is InChI=1S/C22H27F2N3O2/c1-16(29-18-8-9-19(23)20(24)14-18)22(28)25-21(17-6-4-3-5-7-17)15-27-12-10-26(2)11-13-27/h3-9,14,16,21H,10-13,15H2,1-2H3,(H,25,28). The number of halogens is 2. The highest BCUT2D eigenvalue weighted by molar-refractivity contribution is 5.81. The summed E-state index contributed by atoms with van der Waals surface area (Å²) in [5, 5.41) is 3.05. The summed E-state index contributed by atoms with van der Waals surface area (Å²) in [6.07, 6.45) is -0.849. The van der Waals surface area contributed by atoms with Gasteiger partial charge in [0, 0.05) is 38.8 Å². The average Bonchev–Trinajstić information content (AvgIpc) is 2.72. The maximum atomic E-state index is 13.4. The van der Waals surface area contributed by atoms with Gasteiger partial charge >= 0.3 is 0 Å². The van der Waals surface area contributed by atoms with E-state index >= 15 is 0 Å². The number of amides is 1. The average molecular weight is 403 g/mol. The summed E-state index contributed by atoms with van der Waals surface area (Å²) in [6, 6.07) is 12.8. The van der Waals surface area contributed by atoms with Crippen LogP contribution in [0.25, 0.3) is 0 Å². The Labute approximate surface area is 170 Å². The summed E-state index contributed by atoms with van der Waals surface area (Å²) in [6.45, 7) is 6.15. The van der Waals surface area contributed by atoms with E-state index in [1.807, 2.05) is 30.3 Å². The van der Waals surface area contributed by atoms with Crippen molar-refractivity contribution in [1.82, 2.24) is 15.1 Å². The first-order valence-corrected chi connectivity index (χ1v) is 9.80. The van der Waals surface area contributed by atoms with Gasteiger partial charge in [0.1, 0.15) is 5.75 Å². The lowest BCUT2D eigenvalue weighted by Crippen LogP contribution is -2.49. The highest BCUT2D eigenvalue weighted by Gasteiger charge is 2.24. The lowest BCUT2D eigenvalue weighted by molar-refractivity contribution is -0.128. The van der Waals surface area contributed by atoms with Gasteiger partial charge < -0.3 is 15.0 Å². The van der Waals surface area contributed by atoms with Gasteiger partial charge in [-0.15, -0.1) is 0 Å². The quantitative estimate of drug-likeness (QED) is 0.772. The molecule has 0 bridgehead atoms. The second kappa shape index (κ2) is 9.80. The van der Waals surface area contributed by atoms with Crippen LogP contribution in [0.3, 0.4) is 0 Å². The Morgan fingerprint density at radius 1 is 1.07 bits per heavy atom. The molecular weight excluding hydrogens is 376 g/mol. The molecule has 1 saturated heterocycles. The molecule has 1 aliphatic rings. The maximum absolute atomic E-state index is 13.4. The van der Waals surface area contributed by atoms with E-state index in [1.165, 1.54) is 6.07 Å². The van der Waals surface area contributed by atoms with Gasteiger partial charge in [-0.1, -0.05) is 30.3 Å². The topological polar surface area (TPSA) is 44.8 Å². The monoisotopic (exact) mass is 403 g/mol. The number of carbonyl (C=O) groups excluding carboxylic acids is 1. The van der Waals surface area contributed by atoms with Gasteiger partial charge in [0.25, 0.3) is 5.91 Å². The number of piperazine rings is 1. The van der Waals surface area contributed by atoms with Gasteiger partial charge in [0.15, 0.2) is 17.7 Å². The van der Waals surface area contributed by atoms with E-state index in [4.69, 9.17) is 4.74 Å². The van der Waals surface area contributed by atoms with Crippen molar-refractivity contribution < 1.29 is 18.3 Å². The van der Waals surface area contributed by atoms with E-state index < -0.39 is 17.7 Å². The van der Waals surface area contributed by atoms with Crippen molar-refractivity contribution in [3.05, 3.63) is 65.7 Å². The Hall–Kier alpha value is -2.51. The number of likely N-dealkylation sites (N-methyl/N-ethyl adjacent to an activating group) is 1. The fraction of sp³-hybridized carbons (Fsp3) is 0.409. The van der Waals surface area contributed by atoms with Crippen molar-refractivity contribution in [1.29, 1.82) is 0 Å². The highest BCUT2D eigenvalue weighted by Crippen LogP contribution is 2.19. The summed E-state index contributed by atoms with van der Waals surface area (Å²) >= 11 is 0. The van der Waals surface area contributed by atoms with Gasteiger partial charge in [-0.3, -0.25) is 9.69 Å². The van der Waals surface area contributed by atoms with Gasteiger partial charge in [-0.05, 0) is 31.7 Å². The van der Waals surface area contributed by atoms with Crippen LogP contribution in [-0.2, 0) is 4.79 Å². The Morgan fingerprint density at radius 3 is 2.41 bits per heavy atom. The molecule has 156 valence electrons. The van der Waals surface area contributed by atoms with Crippen LogP contribution in [-0.4, -0.2) is 61.6 Å². The third kappa shape index (κ3) is 5.98. The lowest BCUT2D eigenvalue weighted by Gasteiger charge is -2.35. The number of benzene rings is 2. The molecule has 2 aromatic carbocycles.